The third kappa shape index (κ3) is 10.8. The van der Waals surface area contributed by atoms with Gasteiger partial charge in [0.15, 0.2) is 41.7 Å². The summed E-state index contributed by atoms with van der Waals surface area (Å²) in [6, 6.07) is 5.47. The van der Waals surface area contributed by atoms with Crippen LogP contribution in [0.2, 0.25) is 0 Å². The number of esters is 2. The summed E-state index contributed by atoms with van der Waals surface area (Å²) in [5, 5.41) is 116. The number of rotatable bonds is 18. The van der Waals surface area contributed by atoms with Crippen LogP contribution in [0.3, 0.4) is 0 Å². The molecule has 14 atom stereocenters. The highest BCUT2D eigenvalue weighted by Gasteiger charge is 2.61. The molecular formula is C40H52O24. The van der Waals surface area contributed by atoms with Gasteiger partial charge in [0.05, 0.1) is 41.7 Å². The van der Waals surface area contributed by atoms with Crippen molar-refractivity contribution in [2.75, 3.05) is 54.9 Å². The van der Waals surface area contributed by atoms with E-state index in [4.69, 9.17) is 52.1 Å². The Balaban J connectivity index is 1.42. The summed E-state index contributed by atoms with van der Waals surface area (Å²) in [6.45, 7) is -3.89. The zero-order chi connectivity index (χ0) is 47.0. The summed E-state index contributed by atoms with van der Waals surface area (Å²) < 4.78 is 59.7. The fourth-order valence-electron chi connectivity index (χ4n) is 6.97. The number of carbonyl (C=O) groups excluding carboxylic acids is 2. The van der Waals surface area contributed by atoms with Crippen molar-refractivity contribution in [2.24, 2.45) is 0 Å². The number of aliphatic hydroxyl groups excluding tert-OH is 9. The van der Waals surface area contributed by atoms with E-state index in [9.17, 15) is 65.8 Å². The van der Waals surface area contributed by atoms with Gasteiger partial charge >= 0.3 is 11.9 Å². The molecule has 0 bridgehead atoms. The second-order valence-corrected chi connectivity index (χ2v) is 14.4. The van der Waals surface area contributed by atoms with Crippen molar-refractivity contribution in [3.63, 3.8) is 0 Å². The lowest BCUT2D eigenvalue weighted by Crippen LogP contribution is -2.66. The minimum atomic E-state index is -2.67. The molecule has 0 spiro atoms. The van der Waals surface area contributed by atoms with Gasteiger partial charge < -0.3 is 108 Å². The number of carbonyl (C=O) groups is 2. The molecule has 24 nitrogen and oxygen atoms in total. The monoisotopic (exact) mass is 916 g/mol. The molecule has 3 saturated heterocycles. The maximum Gasteiger partial charge on any atom is 0.331 e. The topological polar surface area (TPSA) is 358 Å². The van der Waals surface area contributed by atoms with E-state index in [2.05, 4.69) is 0 Å². The van der Waals surface area contributed by atoms with Crippen LogP contribution < -0.4 is 18.9 Å². The Labute approximate surface area is 364 Å². The smallest absolute Gasteiger partial charge is 0.331 e. The maximum atomic E-state index is 13.2. The molecule has 11 N–H and O–H groups in total. The zero-order valence-corrected chi connectivity index (χ0v) is 34.7. The van der Waals surface area contributed by atoms with E-state index >= 15 is 0 Å². The van der Waals surface area contributed by atoms with Crippen LogP contribution in [0, 0.1) is 0 Å². The Bertz CT molecular complexity index is 1910. The fourth-order valence-corrected chi connectivity index (χ4v) is 6.97. The molecule has 2 aromatic rings. The standard InChI is InChI=1S/C40H52O24/c1-54-19-9-17(10-20(55-2)28(19)46)5-7-26(44)58-15-25-31(49)36(62-38-34(52)33(51)30(48)23(13-41)59-38)35(53)39(60-25)64-40(16-43)37(32(50)24(14-42)63-40)61-27(45)8-6-18-11-21(56-3)29(47)22(12-18)57-4/h5-12,23-25,30-39,41-43,46-53H,13-16H2,1-4H3/t23-,24-,25-,30-,31-,32-,33+,34-,35-,36+,37+,38+,39-,40+/m1/s1. The van der Waals surface area contributed by atoms with Gasteiger partial charge in [0, 0.05) is 12.2 Å². The SMILES string of the molecule is COc1cc(C=CC(=O)OC[C@H]2O[C@H](O[C@]3(CO)O[C@H](CO)[C@@H](O)[C@@H]3OC(=O)C=Cc3cc(OC)c(O)c(OC)c3)[C@H](O)[C@@H](O[C@@H]3O[C@H](CO)[C@@H](O)[C@H](O)[C@H]3O)[C@@H]2O)cc(OC)c1O. The van der Waals surface area contributed by atoms with Crippen molar-refractivity contribution in [1.82, 2.24) is 0 Å². The number of ether oxygens (including phenoxy) is 11. The Kier molecular flexibility index (Phi) is 17.1. The van der Waals surface area contributed by atoms with Crippen LogP contribution in [0.1, 0.15) is 11.1 Å². The second-order valence-electron chi connectivity index (χ2n) is 14.4. The number of phenolic OH excluding ortho intramolecular Hbond substituents is 2. The Morgan fingerprint density at radius 1 is 0.625 bits per heavy atom. The molecule has 3 heterocycles. The van der Waals surface area contributed by atoms with Gasteiger partial charge in [-0.25, -0.2) is 9.59 Å². The number of aliphatic hydroxyl groups is 9. The van der Waals surface area contributed by atoms with Crippen molar-refractivity contribution in [3.05, 3.63) is 47.5 Å². The molecule has 3 aliphatic rings. The normalized spacial score (nSPS) is 33.0. The highest BCUT2D eigenvalue weighted by Crippen LogP contribution is 2.41. The van der Waals surface area contributed by atoms with E-state index in [0.717, 1.165) is 12.2 Å². The highest BCUT2D eigenvalue weighted by atomic mass is 16.8. The van der Waals surface area contributed by atoms with E-state index < -0.39 is 124 Å². The molecule has 0 aromatic heterocycles. The van der Waals surface area contributed by atoms with Gasteiger partial charge in [0.1, 0.15) is 74.3 Å². The maximum absolute atomic E-state index is 13.2. The third-order valence-corrected chi connectivity index (χ3v) is 10.4. The molecule has 356 valence electrons. The minimum Gasteiger partial charge on any atom is -0.502 e. The van der Waals surface area contributed by atoms with Gasteiger partial charge in [-0.15, -0.1) is 0 Å². The number of aromatic hydroxyl groups is 2. The third-order valence-electron chi connectivity index (χ3n) is 10.4. The summed E-state index contributed by atoms with van der Waals surface area (Å²) in [7, 11) is 5.16. The average Bonchev–Trinajstić information content (AvgIpc) is 3.56. The largest absolute Gasteiger partial charge is 0.502 e. The summed E-state index contributed by atoms with van der Waals surface area (Å²) in [6.07, 6.45) is -20.5. The van der Waals surface area contributed by atoms with Crippen molar-refractivity contribution >= 4 is 24.1 Å². The molecule has 0 saturated carbocycles. The van der Waals surface area contributed by atoms with Gasteiger partial charge in [0.25, 0.3) is 0 Å². The van der Waals surface area contributed by atoms with Crippen molar-refractivity contribution in [3.8, 4) is 34.5 Å². The highest BCUT2D eigenvalue weighted by molar-refractivity contribution is 5.88. The fraction of sp³-hybridized carbons (Fsp3) is 0.550. The second kappa shape index (κ2) is 21.9. The summed E-state index contributed by atoms with van der Waals surface area (Å²) in [5.74, 6) is -5.44. The van der Waals surface area contributed by atoms with E-state index in [0.29, 0.717) is 5.56 Å². The van der Waals surface area contributed by atoms with E-state index in [1.165, 1.54) is 64.9 Å². The van der Waals surface area contributed by atoms with Gasteiger partial charge in [-0.05, 0) is 47.5 Å². The molecule has 0 radical (unpaired) electrons. The van der Waals surface area contributed by atoms with Crippen LogP contribution in [0.5, 0.6) is 34.5 Å². The van der Waals surface area contributed by atoms with Crippen LogP contribution in [0.15, 0.2) is 36.4 Å². The summed E-state index contributed by atoms with van der Waals surface area (Å²) >= 11 is 0. The molecular weight excluding hydrogens is 864 g/mol. The molecule has 2 aromatic carbocycles. The van der Waals surface area contributed by atoms with Gasteiger partial charge in [-0.3, -0.25) is 0 Å². The Morgan fingerprint density at radius 3 is 1.61 bits per heavy atom. The van der Waals surface area contributed by atoms with E-state index in [1.807, 2.05) is 0 Å². The van der Waals surface area contributed by atoms with Crippen molar-refractivity contribution in [2.45, 2.75) is 85.5 Å². The number of hydrogen-bond donors (Lipinski definition) is 11. The summed E-state index contributed by atoms with van der Waals surface area (Å²) in [5.41, 5.74) is 0.595. The van der Waals surface area contributed by atoms with Crippen molar-refractivity contribution < 1.29 is 118 Å². The molecule has 0 unspecified atom stereocenters. The first kappa shape index (κ1) is 50.1. The first-order chi connectivity index (χ1) is 30.5. The van der Waals surface area contributed by atoms with Crippen molar-refractivity contribution in [1.29, 1.82) is 0 Å². The van der Waals surface area contributed by atoms with Crippen LogP contribution in [0.25, 0.3) is 12.2 Å². The quantitative estimate of drug-likeness (QED) is 0.0508. The van der Waals surface area contributed by atoms with Crippen LogP contribution in [-0.2, 0) is 42.7 Å². The average molecular weight is 917 g/mol. The Hall–Kier alpha value is -4.90. The van der Waals surface area contributed by atoms with Crippen LogP contribution >= 0.6 is 0 Å². The lowest BCUT2D eigenvalue weighted by atomic mass is 9.96. The number of hydrogen-bond acceptors (Lipinski definition) is 24. The van der Waals surface area contributed by atoms with E-state index in [1.54, 1.807) is 0 Å². The molecule has 3 aliphatic heterocycles. The predicted molar refractivity (Wildman–Crippen MR) is 210 cm³/mol. The lowest BCUT2D eigenvalue weighted by Gasteiger charge is -2.47. The molecule has 64 heavy (non-hydrogen) atoms. The number of benzene rings is 2. The molecule has 5 rings (SSSR count). The summed E-state index contributed by atoms with van der Waals surface area (Å²) in [4.78, 5) is 26.2. The number of phenols is 2. The molecule has 24 heteroatoms. The van der Waals surface area contributed by atoms with Gasteiger partial charge in [-0.1, -0.05) is 0 Å². The molecule has 0 aliphatic carbocycles. The molecule has 3 fully saturated rings. The Morgan fingerprint density at radius 2 is 1.12 bits per heavy atom. The first-order valence-corrected chi connectivity index (χ1v) is 19.4. The predicted octanol–water partition coefficient (Wildman–Crippen LogP) is -3.60. The molecule has 0 amide bonds. The minimum absolute atomic E-state index is 0.00356. The van der Waals surface area contributed by atoms with Crippen LogP contribution in [0.4, 0.5) is 0 Å². The first-order valence-electron chi connectivity index (χ1n) is 19.4. The number of methoxy groups -OCH3 is 4. The van der Waals surface area contributed by atoms with E-state index in [-0.39, 0.29) is 40.1 Å². The van der Waals surface area contributed by atoms with Gasteiger partial charge in [-0.2, -0.15) is 0 Å². The van der Waals surface area contributed by atoms with Crippen LogP contribution in [-0.4, -0.2) is 208 Å². The van der Waals surface area contributed by atoms with Gasteiger partial charge in [0.2, 0.25) is 17.3 Å². The lowest BCUT2D eigenvalue weighted by molar-refractivity contribution is -0.399. The zero-order valence-electron chi connectivity index (χ0n) is 34.7.